The van der Waals surface area contributed by atoms with Gasteiger partial charge in [-0.2, -0.15) is 0 Å². The summed E-state index contributed by atoms with van der Waals surface area (Å²) >= 11 is 0. The average molecular weight is 323 g/mol. The van der Waals surface area contributed by atoms with Crippen molar-refractivity contribution in [2.24, 2.45) is 0 Å². The summed E-state index contributed by atoms with van der Waals surface area (Å²) in [6.07, 6.45) is 0.552. The van der Waals surface area contributed by atoms with Gasteiger partial charge in [-0.3, -0.25) is 0 Å². The van der Waals surface area contributed by atoms with Crippen LogP contribution in [0.25, 0.3) is 0 Å². The lowest BCUT2D eigenvalue weighted by atomic mass is 10.1. The highest BCUT2D eigenvalue weighted by molar-refractivity contribution is 5.81. The van der Waals surface area contributed by atoms with E-state index in [-0.39, 0.29) is 6.61 Å². The van der Waals surface area contributed by atoms with Crippen LogP contribution in [0.2, 0.25) is 0 Å². The molecule has 0 saturated heterocycles. The number of alkyl carbamates (subject to hydrolysis) is 1. The quantitative estimate of drug-likeness (QED) is 0.746. The zero-order valence-electron chi connectivity index (χ0n) is 14.1. The molecule has 23 heavy (non-hydrogen) atoms. The Labute approximate surface area is 137 Å². The van der Waals surface area contributed by atoms with Crippen molar-refractivity contribution < 1.29 is 24.8 Å². The molecule has 1 atom stereocenters. The van der Waals surface area contributed by atoms with Crippen molar-refractivity contribution in [1.29, 1.82) is 0 Å². The molecule has 0 aliphatic carbocycles. The summed E-state index contributed by atoms with van der Waals surface area (Å²) in [4.78, 5) is 24.1. The molecular formula is C17H27N2O4+. The number of ether oxygens (including phenoxy) is 2. The fourth-order valence-corrected chi connectivity index (χ4v) is 1.88. The number of rotatable bonds is 7. The largest absolute Gasteiger partial charge is 0.458 e. The van der Waals surface area contributed by atoms with Crippen LogP contribution < -0.4 is 11.1 Å². The Morgan fingerprint density at radius 2 is 1.87 bits per heavy atom. The van der Waals surface area contributed by atoms with Crippen molar-refractivity contribution in [1.82, 2.24) is 5.32 Å². The molecule has 0 aromatic heterocycles. The van der Waals surface area contributed by atoms with E-state index in [0.29, 0.717) is 19.4 Å². The van der Waals surface area contributed by atoms with Crippen molar-refractivity contribution in [3.8, 4) is 0 Å². The highest BCUT2D eigenvalue weighted by atomic mass is 16.6. The third kappa shape index (κ3) is 8.21. The first-order valence-corrected chi connectivity index (χ1v) is 7.81. The third-order valence-corrected chi connectivity index (χ3v) is 2.94. The number of quaternary nitrogens is 1. The topological polar surface area (TPSA) is 92.3 Å². The molecule has 1 rings (SSSR count). The third-order valence-electron chi connectivity index (χ3n) is 2.94. The number of benzene rings is 1. The molecule has 0 spiro atoms. The zero-order valence-corrected chi connectivity index (χ0v) is 14.1. The molecule has 0 bridgehead atoms. The molecule has 0 unspecified atom stereocenters. The van der Waals surface area contributed by atoms with Gasteiger partial charge in [0.15, 0.2) is 0 Å². The Hall–Kier alpha value is -2.08. The standard InChI is InChI=1S/C17H26N2O4/c1-17(2,3)23-15(20)14(10-7-11-18)19-16(21)22-12-13-8-5-4-6-9-13/h4-6,8-9,14H,7,10-12,18H2,1-3H3,(H,19,21)/p+1/t14-/m0/s1. The van der Waals surface area contributed by atoms with E-state index in [9.17, 15) is 9.59 Å². The summed E-state index contributed by atoms with van der Waals surface area (Å²) in [5.41, 5.74) is 4.03. The highest BCUT2D eigenvalue weighted by Gasteiger charge is 2.26. The Morgan fingerprint density at radius 3 is 2.43 bits per heavy atom. The Kier molecular flexibility index (Phi) is 7.54. The molecule has 0 saturated carbocycles. The van der Waals surface area contributed by atoms with Gasteiger partial charge in [0, 0.05) is 0 Å². The highest BCUT2D eigenvalue weighted by Crippen LogP contribution is 2.11. The first-order chi connectivity index (χ1) is 10.8. The molecule has 1 amide bonds. The van der Waals surface area contributed by atoms with Gasteiger partial charge < -0.3 is 20.5 Å². The fraction of sp³-hybridized carbons (Fsp3) is 0.529. The van der Waals surface area contributed by atoms with Crippen LogP contribution in [0.3, 0.4) is 0 Å². The number of hydrogen-bond acceptors (Lipinski definition) is 4. The SMILES string of the molecule is CC(C)(C)OC(=O)[C@H](CCC[NH3+])NC(=O)OCc1ccccc1. The molecule has 6 heteroatoms. The van der Waals surface area contributed by atoms with Crippen molar-refractivity contribution in [3.05, 3.63) is 35.9 Å². The van der Waals surface area contributed by atoms with Crippen LogP contribution in [0.15, 0.2) is 30.3 Å². The van der Waals surface area contributed by atoms with E-state index in [1.54, 1.807) is 20.8 Å². The predicted molar refractivity (Wildman–Crippen MR) is 86.4 cm³/mol. The fourth-order valence-electron chi connectivity index (χ4n) is 1.88. The van der Waals surface area contributed by atoms with Gasteiger partial charge in [0.1, 0.15) is 18.2 Å². The first kappa shape index (κ1) is 19.0. The van der Waals surface area contributed by atoms with Crippen LogP contribution >= 0.6 is 0 Å². The smallest absolute Gasteiger partial charge is 0.408 e. The van der Waals surface area contributed by atoms with E-state index in [2.05, 4.69) is 11.1 Å². The van der Waals surface area contributed by atoms with Crippen molar-refractivity contribution in [2.45, 2.75) is 51.9 Å². The molecule has 128 valence electrons. The van der Waals surface area contributed by atoms with Gasteiger partial charge in [-0.15, -0.1) is 0 Å². The molecule has 0 heterocycles. The monoisotopic (exact) mass is 323 g/mol. The normalized spacial score (nSPS) is 12.3. The summed E-state index contributed by atoms with van der Waals surface area (Å²) in [6.45, 7) is 6.20. The Bertz CT molecular complexity index is 497. The van der Waals surface area contributed by atoms with E-state index in [1.807, 2.05) is 30.3 Å². The average Bonchev–Trinajstić information content (AvgIpc) is 2.48. The molecule has 6 nitrogen and oxygen atoms in total. The lowest BCUT2D eigenvalue weighted by Gasteiger charge is -2.24. The molecule has 0 radical (unpaired) electrons. The zero-order chi connectivity index (χ0) is 17.3. The van der Waals surface area contributed by atoms with Gasteiger partial charge in [0.25, 0.3) is 0 Å². The van der Waals surface area contributed by atoms with E-state index >= 15 is 0 Å². The number of carbonyl (C=O) groups is 2. The second-order valence-electron chi connectivity index (χ2n) is 6.29. The van der Waals surface area contributed by atoms with Gasteiger partial charge in [0.05, 0.1) is 6.54 Å². The summed E-state index contributed by atoms with van der Waals surface area (Å²) in [5, 5.41) is 2.58. The van der Waals surface area contributed by atoms with Gasteiger partial charge in [0.2, 0.25) is 0 Å². The van der Waals surface area contributed by atoms with Crippen molar-refractivity contribution in [3.63, 3.8) is 0 Å². The van der Waals surface area contributed by atoms with E-state index in [4.69, 9.17) is 9.47 Å². The van der Waals surface area contributed by atoms with Gasteiger partial charge >= 0.3 is 12.1 Å². The first-order valence-electron chi connectivity index (χ1n) is 7.81. The summed E-state index contributed by atoms with van der Waals surface area (Å²) in [7, 11) is 0. The predicted octanol–water partition coefficient (Wildman–Crippen LogP) is 1.65. The van der Waals surface area contributed by atoms with E-state index < -0.39 is 23.7 Å². The van der Waals surface area contributed by atoms with Crippen LogP contribution in [-0.2, 0) is 20.9 Å². The molecule has 4 N–H and O–H groups in total. The lowest BCUT2D eigenvalue weighted by molar-refractivity contribution is -0.368. The minimum Gasteiger partial charge on any atom is -0.458 e. The van der Waals surface area contributed by atoms with Gasteiger partial charge in [-0.1, -0.05) is 30.3 Å². The number of amides is 1. The number of carbonyl (C=O) groups excluding carboxylic acids is 2. The summed E-state index contributed by atoms with van der Waals surface area (Å²) < 4.78 is 10.5. The number of hydrogen-bond donors (Lipinski definition) is 2. The molecule has 0 aliphatic heterocycles. The van der Waals surface area contributed by atoms with Crippen LogP contribution in [-0.4, -0.2) is 30.3 Å². The maximum Gasteiger partial charge on any atom is 0.408 e. The summed E-state index contributed by atoms with van der Waals surface area (Å²) in [5.74, 6) is -0.456. The van der Waals surface area contributed by atoms with Gasteiger partial charge in [-0.05, 0) is 39.2 Å². The molecule has 0 aliphatic rings. The second-order valence-corrected chi connectivity index (χ2v) is 6.29. The maximum absolute atomic E-state index is 12.2. The summed E-state index contributed by atoms with van der Waals surface area (Å²) in [6, 6.07) is 8.63. The number of esters is 1. The van der Waals surface area contributed by atoms with Crippen LogP contribution in [0.4, 0.5) is 4.79 Å². The van der Waals surface area contributed by atoms with Crippen LogP contribution in [0, 0.1) is 0 Å². The van der Waals surface area contributed by atoms with Crippen LogP contribution in [0.1, 0.15) is 39.2 Å². The van der Waals surface area contributed by atoms with Crippen molar-refractivity contribution >= 4 is 12.1 Å². The molecule has 1 aromatic carbocycles. The second kappa shape index (κ2) is 9.15. The molecule has 1 aromatic rings. The van der Waals surface area contributed by atoms with Gasteiger partial charge in [-0.25, -0.2) is 9.59 Å². The van der Waals surface area contributed by atoms with Crippen LogP contribution in [0.5, 0.6) is 0 Å². The molecule has 0 fully saturated rings. The Balaban J connectivity index is 2.54. The molecular weight excluding hydrogens is 296 g/mol. The van der Waals surface area contributed by atoms with Crippen molar-refractivity contribution in [2.75, 3.05) is 6.54 Å². The minimum absolute atomic E-state index is 0.156. The maximum atomic E-state index is 12.2. The van der Waals surface area contributed by atoms with E-state index in [1.165, 1.54) is 0 Å². The lowest BCUT2D eigenvalue weighted by Crippen LogP contribution is -2.51. The Morgan fingerprint density at radius 1 is 1.22 bits per heavy atom. The number of nitrogens with one attached hydrogen (secondary N) is 1. The van der Waals surface area contributed by atoms with E-state index in [0.717, 1.165) is 5.56 Å². The minimum atomic E-state index is -0.723.